The number of aryl methyl sites for hydroxylation is 1. The third-order valence-corrected chi connectivity index (χ3v) is 5.34. The van der Waals surface area contributed by atoms with Crippen molar-refractivity contribution >= 4 is 28.9 Å². The molecule has 0 bridgehead atoms. The first-order valence-electron chi connectivity index (χ1n) is 7.81. The largest absolute Gasteiger partial charge is 0.507 e. The van der Waals surface area contributed by atoms with Crippen LogP contribution in [0, 0.1) is 6.92 Å². The van der Waals surface area contributed by atoms with E-state index in [4.69, 9.17) is 16.0 Å². The van der Waals surface area contributed by atoms with Gasteiger partial charge in [0.05, 0.1) is 0 Å². The summed E-state index contributed by atoms with van der Waals surface area (Å²) < 4.78 is 5.09. The molecule has 0 fully saturated rings. The molecule has 1 heterocycles. The zero-order chi connectivity index (χ0) is 17.7. The molecule has 2 rings (SSSR count). The van der Waals surface area contributed by atoms with E-state index in [1.165, 1.54) is 6.07 Å². The first kappa shape index (κ1) is 18.7. The van der Waals surface area contributed by atoms with Gasteiger partial charge in [0.25, 0.3) is 0 Å². The summed E-state index contributed by atoms with van der Waals surface area (Å²) in [5.41, 5.74) is 1.31. The lowest BCUT2D eigenvalue weighted by Gasteiger charge is -2.18. The number of rotatable bonds is 7. The Labute approximate surface area is 151 Å². The van der Waals surface area contributed by atoms with Crippen LogP contribution in [0.5, 0.6) is 5.75 Å². The van der Waals surface area contributed by atoms with Gasteiger partial charge < -0.3 is 9.52 Å². The molecule has 0 aliphatic rings. The van der Waals surface area contributed by atoms with Crippen LogP contribution >= 0.6 is 23.4 Å². The van der Waals surface area contributed by atoms with Crippen molar-refractivity contribution in [3.63, 3.8) is 0 Å². The summed E-state index contributed by atoms with van der Waals surface area (Å²) in [6, 6.07) is 9.13. The Morgan fingerprint density at radius 1 is 1.38 bits per heavy atom. The first-order chi connectivity index (χ1) is 11.4. The minimum absolute atomic E-state index is 0.0795. The van der Waals surface area contributed by atoms with Gasteiger partial charge >= 0.3 is 5.63 Å². The van der Waals surface area contributed by atoms with Crippen LogP contribution in [0.4, 0.5) is 0 Å². The topological polar surface area (TPSA) is 50.4 Å². The van der Waals surface area contributed by atoms with Crippen molar-refractivity contribution in [2.45, 2.75) is 31.9 Å². The summed E-state index contributed by atoms with van der Waals surface area (Å²) in [7, 11) is 0. The minimum Gasteiger partial charge on any atom is -0.507 e. The second-order valence-corrected chi connectivity index (χ2v) is 7.37. The highest BCUT2D eigenvalue weighted by Gasteiger charge is 2.19. The molecular weight excluding hydrogens is 344 g/mol. The Morgan fingerprint density at radius 3 is 2.62 bits per heavy atom. The van der Waals surface area contributed by atoms with Crippen LogP contribution in [-0.2, 0) is 0 Å². The van der Waals surface area contributed by atoms with Crippen molar-refractivity contribution in [3.8, 4) is 5.75 Å². The second kappa shape index (κ2) is 8.45. The maximum Gasteiger partial charge on any atom is 0.347 e. The van der Waals surface area contributed by atoms with E-state index >= 15 is 0 Å². The molecule has 24 heavy (non-hydrogen) atoms. The Hall–Kier alpha value is -1.65. The molecule has 5 heteroatoms. The van der Waals surface area contributed by atoms with Gasteiger partial charge in [0.2, 0.25) is 0 Å². The molecule has 1 N–H and O–H groups in total. The average Bonchev–Trinajstić information content (AvgIpc) is 2.51. The fourth-order valence-corrected chi connectivity index (χ4v) is 3.77. The number of aromatic hydroxyl groups is 1. The van der Waals surface area contributed by atoms with Crippen molar-refractivity contribution in [2.75, 3.05) is 5.75 Å². The molecule has 0 aliphatic heterocycles. The van der Waals surface area contributed by atoms with Gasteiger partial charge in [-0.05, 0) is 48.8 Å². The number of hydrogen-bond donors (Lipinski definition) is 1. The van der Waals surface area contributed by atoms with Crippen LogP contribution in [0.2, 0.25) is 5.02 Å². The van der Waals surface area contributed by atoms with E-state index in [1.807, 2.05) is 24.3 Å². The van der Waals surface area contributed by atoms with E-state index < -0.39 is 5.63 Å². The molecule has 3 nitrogen and oxygen atoms in total. The van der Waals surface area contributed by atoms with Gasteiger partial charge in [-0.2, -0.15) is 11.8 Å². The summed E-state index contributed by atoms with van der Waals surface area (Å²) in [6.45, 7) is 7.76. The minimum atomic E-state index is -0.548. The number of allylic oxidation sites excluding steroid dienone is 1. The van der Waals surface area contributed by atoms with Crippen LogP contribution in [-0.4, -0.2) is 10.9 Å². The number of benzene rings is 1. The average molecular weight is 365 g/mol. The van der Waals surface area contributed by atoms with E-state index in [0.29, 0.717) is 22.8 Å². The zero-order valence-electron chi connectivity index (χ0n) is 13.8. The molecule has 1 aromatic heterocycles. The van der Waals surface area contributed by atoms with Gasteiger partial charge in [-0.15, -0.1) is 0 Å². The molecule has 0 radical (unpaired) electrons. The van der Waals surface area contributed by atoms with Crippen molar-refractivity contribution in [2.24, 2.45) is 0 Å². The fourth-order valence-electron chi connectivity index (χ4n) is 2.46. The van der Waals surface area contributed by atoms with Crippen molar-refractivity contribution in [3.05, 3.63) is 69.2 Å². The molecule has 0 saturated carbocycles. The second-order valence-electron chi connectivity index (χ2n) is 5.62. The first-order valence-corrected chi connectivity index (χ1v) is 9.24. The molecule has 1 atom stereocenters. The fraction of sp³-hybridized carbons (Fsp3) is 0.316. The number of hydrogen-bond acceptors (Lipinski definition) is 4. The molecule has 0 saturated heterocycles. The van der Waals surface area contributed by atoms with Crippen LogP contribution in [0.3, 0.4) is 0 Å². The van der Waals surface area contributed by atoms with Crippen LogP contribution in [0.15, 0.2) is 46.1 Å². The Bertz CT molecular complexity index is 765. The van der Waals surface area contributed by atoms with Gasteiger partial charge in [0.15, 0.2) is 0 Å². The predicted molar refractivity (Wildman–Crippen MR) is 102 cm³/mol. The van der Waals surface area contributed by atoms with Gasteiger partial charge in [-0.3, -0.25) is 0 Å². The molecule has 2 aromatic rings. The lowest BCUT2D eigenvalue weighted by Crippen LogP contribution is -2.09. The molecule has 0 spiro atoms. The van der Waals surface area contributed by atoms with Gasteiger partial charge in [-0.1, -0.05) is 37.2 Å². The Morgan fingerprint density at radius 2 is 2.04 bits per heavy atom. The summed E-state index contributed by atoms with van der Waals surface area (Å²) in [5, 5.41) is 10.9. The summed E-state index contributed by atoms with van der Waals surface area (Å²) in [5.74, 6) is 1.29. The van der Waals surface area contributed by atoms with E-state index in [0.717, 1.165) is 17.7 Å². The molecular formula is C19H21ClO3S. The SMILES string of the molecule is C=C(CC(SCCC)c1ccc(Cl)cc1)c1c(O)cc(C)oc1=O. The monoisotopic (exact) mass is 364 g/mol. The lowest BCUT2D eigenvalue weighted by molar-refractivity contribution is 0.431. The molecule has 0 amide bonds. The van der Waals surface area contributed by atoms with E-state index in [9.17, 15) is 9.90 Å². The van der Waals surface area contributed by atoms with Crippen LogP contribution in [0.1, 0.15) is 41.9 Å². The quantitative estimate of drug-likeness (QED) is 0.695. The highest BCUT2D eigenvalue weighted by Crippen LogP contribution is 2.38. The van der Waals surface area contributed by atoms with Gasteiger partial charge in [-0.25, -0.2) is 4.79 Å². The summed E-state index contributed by atoms with van der Waals surface area (Å²) in [6.07, 6.45) is 1.60. The van der Waals surface area contributed by atoms with Crippen molar-refractivity contribution in [1.82, 2.24) is 0 Å². The summed E-state index contributed by atoms with van der Waals surface area (Å²) >= 11 is 7.77. The molecule has 128 valence electrons. The zero-order valence-corrected chi connectivity index (χ0v) is 15.4. The predicted octanol–water partition coefficient (Wildman–Crippen LogP) is 5.60. The lowest BCUT2D eigenvalue weighted by atomic mass is 10.00. The Balaban J connectivity index is 2.27. The standard InChI is InChI=1S/C19H21ClO3S/c1-4-9-24-17(14-5-7-15(20)8-6-14)10-12(2)18-16(21)11-13(3)23-19(18)22/h5-8,11,17,21H,2,4,9-10H2,1,3H3. The maximum atomic E-state index is 12.1. The van der Waals surface area contributed by atoms with Gasteiger partial charge in [0.1, 0.15) is 17.1 Å². The third kappa shape index (κ3) is 4.68. The van der Waals surface area contributed by atoms with E-state index in [-0.39, 0.29) is 16.6 Å². The van der Waals surface area contributed by atoms with Crippen molar-refractivity contribution < 1.29 is 9.52 Å². The van der Waals surface area contributed by atoms with Crippen molar-refractivity contribution in [1.29, 1.82) is 0 Å². The molecule has 1 aromatic carbocycles. The van der Waals surface area contributed by atoms with E-state index in [2.05, 4.69) is 13.5 Å². The highest BCUT2D eigenvalue weighted by molar-refractivity contribution is 7.99. The molecule has 0 aliphatic carbocycles. The number of thioether (sulfide) groups is 1. The smallest absolute Gasteiger partial charge is 0.347 e. The van der Waals surface area contributed by atoms with Crippen LogP contribution in [0.25, 0.3) is 5.57 Å². The third-order valence-electron chi connectivity index (χ3n) is 3.60. The van der Waals surface area contributed by atoms with Gasteiger partial charge in [0, 0.05) is 16.3 Å². The van der Waals surface area contributed by atoms with Crippen LogP contribution < -0.4 is 5.63 Å². The normalized spacial score (nSPS) is 12.1. The molecule has 1 unspecified atom stereocenters. The Kier molecular flexibility index (Phi) is 6.58. The number of halogens is 1. The summed E-state index contributed by atoms with van der Waals surface area (Å²) in [4.78, 5) is 12.1. The van der Waals surface area contributed by atoms with E-state index in [1.54, 1.807) is 18.7 Å². The maximum absolute atomic E-state index is 12.1. The highest BCUT2D eigenvalue weighted by atomic mass is 35.5.